The van der Waals surface area contributed by atoms with E-state index in [1.165, 1.54) is 24.4 Å². The van der Waals surface area contributed by atoms with Crippen molar-refractivity contribution in [1.29, 1.82) is 0 Å². The molecule has 3 saturated heterocycles. The molecule has 0 spiro atoms. The summed E-state index contributed by atoms with van der Waals surface area (Å²) in [6, 6.07) is 9.34. The number of hydrogen-bond acceptors (Lipinski definition) is 9. The van der Waals surface area contributed by atoms with E-state index in [4.69, 9.17) is 0 Å². The molecule has 2 atom stereocenters. The van der Waals surface area contributed by atoms with Crippen LogP contribution in [0.2, 0.25) is 0 Å². The zero-order valence-corrected chi connectivity index (χ0v) is 24.5. The van der Waals surface area contributed by atoms with Gasteiger partial charge in [-0.3, -0.25) is 4.90 Å². The van der Waals surface area contributed by atoms with E-state index in [1.807, 2.05) is 6.20 Å². The maximum absolute atomic E-state index is 14.0. The molecule has 1 aromatic carbocycles. The summed E-state index contributed by atoms with van der Waals surface area (Å²) in [5.74, 6) is -1.60. The van der Waals surface area contributed by atoms with Crippen molar-refractivity contribution >= 4 is 21.9 Å². The molecule has 1 aliphatic carbocycles. The fourth-order valence-electron chi connectivity index (χ4n) is 7.05. The number of likely N-dealkylation sites (tertiary alicyclic amines) is 1. The van der Waals surface area contributed by atoms with Crippen molar-refractivity contribution in [1.82, 2.24) is 24.0 Å². The number of aliphatic hydroxyl groups excluding tert-OH is 1. The molecule has 4 aliphatic rings. The third-order valence-corrected chi connectivity index (χ3v) is 11.1. The smallest absolute Gasteiger partial charge is 0.244 e. The number of pyridine rings is 1. The van der Waals surface area contributed by atoms with Crippen molar-refractivity contribution < 1.29 is 28.1 Å². The van der Waals surface area contributed by atoms with Crippen LogP contribution in [0.1, 0.15) is 30.5 Å². The Morgan fingerprint density at radius 1 is 1.02 bits per heavy atom. The van der Waals surface area contributed by atoms with Gasteiger partial charge in [0.05, 0.1) is 30.2 Å². The van der Waals surface area contributed by atoms with Crippen LogP contribution in [-0.4, -0.2) is 105 Å². The molecule has 11 nitrogen and oxygen atoms in total. The Morgan fingerprint density at radius 3 is 2.51 bits per heavy atom. The van der Waals surface area contributed by atoms with Crippen LogP contribution in [0.3, 0.4) is 0 Å². The van der Waals surface area contributed by atoms with Crippen LogP contribution in [0.25, 0.3) is 11.8 Å². The number of aromatic nitrogens is 3. The molecule has 3 aromatic rings. The lowest BCUT2D eigenvalue weighted by molar-refractivity contribution is -0.140. The van der Waals surface area contributed by atoms with Crippen molar-refractivity contribution in [3.05, 3.63) is 71.4 Å². The van der Waals surface area contributed by atoms with E-state index in [0.29, 0.717) is 51.3 Å². The van der Waals surface area contributed by atoms with Crippen molar-refractivity contribution in [2.24, 2.45) is 5.41 Å². The fraction of sp³-hybridized carbons (Fsp3) is 0.467. The average molecular weight is 611 g/mol. The summed E-state index contributed by atoms with van der Waals surface area (Å²) in [7, 11) is -3.88. The molecular weight excluding hydrogens is 575 g/mol. The van der Waals surface area contributed by atoms with Crippen molar-refractivity contribution in [2.45, 2.75) is 42.5 Å². The molecule has 228 valence electrons. The van der Waals surface area contributed by atoms with Gasteiger partial charge in [0.25, 0.3) is 0 Å². The second-order valence-electron chi connectivity index (χ2n) is 12.3. The second kappa shape index (κ2) is 10.5. The van der Waals surface area contributed by atoms with Gasteiger partial charge in [-0.1, -0.05) is 5.57 Å². The number of β-amino-alcohol motifs (C(OH)–C–C–N with tert-alkyl or cyclic N) is 3. The summed E-state index contributed by atoms with van der Waals surface area (Å²) < 4.78 is 44.9. The Bertz CT molecular complexity index is 1660. The molecule has 13 heteroatoms. The van der Waals surface area contributed by atoms with Gasteiger partial charge in [0.15, 0.2) is 5.79 Å². The first-order valence-electron chi connectivity index (χ1n) is 14.6. The van der Waals surface area contributed by atoms with Gasteiger partial charge in [0.2, 0.25) is 10.0 Å². The maximum Gasteiger partial charge on any atom is 0.244 e. The van der Waals surface area contributed by atoms with Gasteiger partial charge in [0, 0.05) is 57.3 Å². The standard InChI is InChI=1S/C30H35FN6O5S/c31-23-1-3-24(4-2-23)37-27-13-22-7-11-36(19-29(22,14-21(27)15-33-37)18-34-10-8-25(38)17-34)43(41,42)26-5-6-28(32-16-26)35-12-9-30(39,40)20-35/h1-6,13,15-16,25,38-40H,7-12,14,17-20H2/t25-,29?/m0/s1. The van der Waals surface area contributed by atoms with Gasteiger partial charge in [-0.25, -0.2) is 22.5 Å². The molecule has 7 rings (SSSR count). The highest BCUT2D eigenvalue weighted by Gasteiger charge is 2.47. The summed E-state index contributed by atoms with van der Waals surface area (Å²) in [5, 5.41) is 34.6. The highest BCUT2D eigenvalue weighted by atomic mass is 32.2. The summed E-state index contributed by atoms with van der Waals surface area (Å²) in [6.07, 6.45) is 6.90. The minimum Gasteiger partial charge on any atom is -0.392 e. The van der Waals surface area contributed by atoms with Gasteiger partial charge in [-0.05, 0) is 67.3 Å². The number of fused-ring (bicyclic) bond motifs is 2. The molecule has 0 radical (unpaired) electrons. The lowest BCUT2D eigenvalue weighted by Gasteiger charge is -2.47. The number of hydrogen-bond donors (Lipinski definition) is 3. The van der Waals surface area contributed by atoms with Gasteiger partial charge in [-0.15, -0.1) is 0 Å². The summed E-state index contributed by atoms with van der Waals surface area (Å²) in [4.78, 5) is 8.40. The monoisotopic (exact) mass is 610 g/mol. The number of anilines is 1. The lowest BCUT2D eigenvalue weighted by Crippen LogP contribution is -2.53. The molecule has 0 amide bonds. The number of nitrogens with zero attached hydrogens (tertiary/aromatic N) is 6. The largest absolute Gasteiger partial charge is 0.392 e. The maximum atomic E-state index is 14.0. The molecule has 3 fully saturated rings. The fourth-order valence-corrected chi connectivity index (χ4v) is 8.53. The minimum absolute atomic E-state index is 0.0147. The van der Waals surface area contributed by atoms with Crippen molar-refractivity contribution in [3.8, 4) is 5.69 Å². The van der Waals surface area contributed by atoms with Crippen molar-refractivity contribution in [2.75, 3.05) is 50.7 Å². The Kier molecular flexibility index (Phi) is 6.95. The predicted molar refractivity (Wildman–Crippen MR) is 156 cm³/mol. The van der Waals surface area contributed by atoms with E-state index in [9.17, 15) is 28.1 Å². The molecule has 2 aromatic heterocycles. The lowest BCUT2D eigenvalue weighted by atomic mass is 9.68. The predicted octanol–water partition coefficient (Wildman–Crippen LogP) is 1.38. The van der Waals surface area contributed by atoms with Crippen LogP contribution in [0.15, 0.2) is 59.3 Å². The molecule has 5 heterocycles. The first-order chi connectivity index (χ1) is 20.5. The normalized spacial score (nSPS) is 25.9. The van der Waals surface area contributed by atoms with Crippen LogP contribution < -0.4 is 4.90 Å². The van der Waals surface area contributed by atoms with Gasteiger partial charge in [0.1, 0.15) is 16.5 Å². The topological polar surface area (TPSA) is 135 Å². The first-order valence-corrected chi connectivity index (χ1v) is 16.1. The van der Waals surface area contributed by atoms with Crippen LogP contribution >= 0.6 is 0 Å². The van der Waals surface area contributed by atoms with Gasteiger partial charge in [-0.2, -0.15) is 9.40 Å². The zero-order chi connectivity index (χ0) is 30.0. The highest BCUT2D eigenvalue weighted by Crippen LogP contribution is 2.46. The van der Waals surface area contributed by atoms with E-state index in [-0.39, 0.29) is 30.2 Å². The molecule has 0 saturated carbocycles. The molecule has 3 N–H and O–H groups in total. The van der Waals surface area contributed by atoms with Crippen LogP contribution in [0.5, 0.6) is 0 Å². The highest BCUT2D eigenvalue weighted by molar-refractivity contribution is 7.89. The number of piperidine rings is 1. The van der Waals surface area contributed by atoms with E-state index in [1.54, 1.807) is 32.1 Å². The van der Waals surface area contributed by atoms with Crippen molar-refractivity contribution in [3.63, 3.8) is 0 Å². The first kappa shape index (κ1) is 28.6. The van der Waals surface area contributed by atoms with Crippen LogP contribution in [0, 0.1) is 11.2 Å². The minimum atomic E-state index is -3.88. The van der Waals surface area contributed by atoms with Crippen LogP contribution in [0.4, 0.5) is 10.2 Å². The second-order valence-corrected chi connectivity index (χ2v) is 14.3. The third kappa shape index (κ3) is 5.28. The number of halogens is 1. The van der Waals surface area contributed by atoms with Crippen LogP contribution in [-0.2, 0) is 16.4 Å². The van der Waals surface area contributed by atoms with E-state index in [0.717, 1.165) is 29.1 Å². The summed E-state index contributed by atoms with van der Waals surface area (Å²) in [6.45, 7) is 2.93. The Morgan fingerprint density at radius 2 is 1.84 bits per heavy atom. The van der Waals surface area contributed by atoms with E-state index in [2.05, 4.69) is 21.1 Å². The Balaban J connectivity index is 1.18. The third-order valence-electron chi connectivity index (χ3n) is 9.27. The Hall–Kier alpha value is -3.20. The van der Waals surface area contributed by atoms with Gasteiger partial charge >= 0.3 is 0 Å². The number of aliphatic hydroxyl groups is 3. The number of benzene rings is 1. The molecule has 43 heavy (non-hydrogen) atoms. The number of sulfonamides is 1. The molecule has 1 unspecified atom stereocenters. The quantitative estimate of drug-likeness (QED) is 0.354. The molecular formula is C30H35FN6O5S. The molecule has 3 aliphatic heterocycles. The summed E-state index contributed by atoms with van der Waals surface area (Å²) >= 11 is 0. The SMILES string of the molecule is O=S(=O)(c1ccc(N2CCC(O)(O)C2)nc1)N1CCC2=Cc3c(cnn3-c3ccc(F)cc3)CC2(CN2CC[C@H](O)C2)C1. The molecule has 0 bridgehead atoms. The number of rotatable bonds is 6. The summed E-state index contributed by atoms with van der Waals surface area (Å²) in [5.41, 5.74) is 3.31. The van der Waals surface area contributed by atoms with E-state index >= 15 is 0 Å². The van der Waals surface area contributed by atoms with Gasteiger partial charge < -0.3 is 20.2 Å². The van der Waals surface area contributed by atoms with E-state index < -0.39 is 27.3 Å². The zero-order valence-electron chi connectivity index (χ0n) is 23.7. The average Bonchev–Trinajstić information content (AvgIpc) is 3.69. The Labute approximate surface area is 249 Å².